The summed E-state index contributed by atoms with van der Waals surface area (Å²) < 4.78 is 0. The maximum absolute atomic E-state index is 12.7. The molecular formula is C22H28ClN3OS. The van der Waals surface area contributed by atoms with E-state index in [4.69, 9.17) is 11.6 Å². The van der Waals surface area contributed by atoms with Gasteiger partial charge >= 0.3 is 0 Å². The number of hydrogen-bond acceptors (Lipinski definition) is 4. The van der Waals surface area contributed by atoms with Crippen molar-refractivity contribution in [2.45, 2.75) is 20.3 Å². The van der Waals surface area contributed by atoms with Crippen LogP contribution in [0.5, 0.6) is 0 Å². The van der Waals surface area contributed by atoms with E-state index in [-0.39, 0.29) is 5.91 Å². The first kappa shape index (κ1) is 19.7. The Hall–Kier alpha value is -1.56. The molecule has 2 atom stereocenters. The number of fused-ring (bicyclic) bond motifs is 1. The van der Waals surface area contributed by atoms with Gasteiger partial charge in [-0.25, -0.2) is 0 Å². The van der Waals surface area contributed by atoms with E-state index in [1.807, 2.05) is 25.1 Å². The Labute approximate surface area is 176 Å². The molecule has 0 bridgehead atoms. The number of benzene rings is 1. The van der Waals surface area contributed by atoms with Gasteiger partial charge in [-0.3, -0.25) is 4.79 Å². The van der Waals surface area contributed by atoms with Crippen molar-refractivity contribution < 1.29 is 4.79 Å². The number of carbonyl (C=O) groups is 1. The van der Waals surface area contributed by atoms with Gasteiger partial charge in [0.1, 0.15) is 0 Å². The van der Waals surface area contributed by atoms with Gasteiger partial charge in [-0.2, -0.15) is 0 Å². The van der Waals surface area contributed by atoms with Crippen molar-refractivity contribution in [2.24, 2.45) is 11.8 Å². The van der Waals surface area contributed by atoms with Crippen LogP contribution in [0, 0.1) is 25.7 Å². The third kappa shape index (κ3) is 4.37. The first-order chi connectivity index (χ1) is 13.5. The number of nitrogens with one attached hydrogen (secondary N) is 1. The minimum Gasteiger partial charge on any atom is -0.385 e. The lowest BCUT2D eigenvalue weighted by molar-refractivity contribution is 0.0779. The second-order valence-electron chi connectivity index (χ2n) is 8.14. The lowest BCUT2D eigenvalue weighted by Crippen LogP contribution is -2.33. The Morgan fingerprint density at radius 3 is 2.54 bits per heavy atom. The molecule has 0 aliphatic carbocycles. The summed E-state index contributed by atoms with van der Waals surface area (Å²) in [4.78, 5) is 19.4. The smallest absolute Gasteiger partial charge is 0.263 e. The Kier molecular flexibility index (Phi) is 5.95. The Morgan fingerprint density at radius 1 is 1.14 bits per heavy atom. The lowest BCUT2D eigenvalue weighted by Gasteiger charge is -2.21. The summed E-state index contributed by atoms with van der Waals surface area (Å²) in [6, 6.07) is 10.1. The number of halogens is 1. The molecule has 2 aliphatic heterocycles. The van der Waals surface area contributed by atoms with Crippen LogP contribution >= 0.6 is 22.9 Å². The highest BCUT2D eigenvalue weighted by molar-refractivity contribution is 7.13. The minimum atomic E-state index is 0.222. The van der Waals surface area contributed by atoms with Gasteiger partial charge in [0.15, 0.2) is 0 Å². The molecule has 4 rings (SSSR count). The monoisotopic (exact) mass is 417 g/mol. The fourth-order valence-electron chi connectivity index (χ4n) is 4.38. The number of carbonyl (C=O) groups excluding carboxylic acids is 1. The topological polar surface area (TPSA) is 35.6 Å². The van der Waals surface area contributed by atoms with Crippen LogP contribution in [0.4, 0.5) is 5.69 Å². The number of rotatable bonds is 6. The van der Waals surface area contributed by atoms with Crippen molar-refractivity contribution in [1.29, 1.82) is 0 Å². The quantitative estimate of drug-likeness (QED) is 0.701. The zero-order valence-corrected chi connectivity index (χ0v) is 18.2. The molecule has 2 aromatic rings. The summed E-state index contributed by atoms with van der Waals surface area (Å²) in [5.74, 6) is 1.49. The molecule has 2 saturated heterocycles. The maximum atomic E-state index is 12.7. The van der Waals surface area contributed by atoms with Crippen molar-refractivity contribution in [3.63, 3.8) is 0 Å². The average Bonchev–Trinajstić information content (AvgIpc) is 3.35. The van der Waals surface area contributed by atoms with Gasteiger partial charge < -0.3 is 15.1 Å². The predicted molar refractivity (Wildman–Crippen MR) is 118 cm³/mol. The number of aryl methyl sites for hydroxylation is 2. The number of anilines is 1. The number of amides is 1. The normalized spacial score (nSPS) is 21.9. The van der Waals surface area contributed by atoms with Crippen LogP contribution < -0.4 is 5.32 Å². The summed E-state index contributed by atoms with van der Waals surface area (Å²) in [5.41, 5.74) is 2.20. The number of thiophene rings is 1. The van der Waals surface area contributed by atoms with Gasteiger partial charge in [-0.1, -0.05) is 17.7 Å². The largest absolute Gasteiger partial charge is 0.385 e. The first-order valence-corrected chi connectivity index (χ1v) is 11.3. The molecule has 1 amide bonds. The van der Waals surface area contributed by atoms with E-state index in [1.165, 1.54) is 4.88 Å². The number of likely N-dealkylation sites (tertiary alicyclic amines) is 2. The molecule has 0 saturated carbocycles. The van der Waals surface area contributed by atoms with E-state index in [9.17, 15) is 4.79 Å². The van der Waals surface area contributed by atoms with Gasteiger partial charge in [0.25, 0.3) is 5.91 Å². The fraction of sp³-hybridized carbons (Fsp3) is 0.500. The molecule has 150 valence electrons. The van der Waals surface area contributed by atoms with Crippen LogP contribution in [-0.4, -0.2) is 55.0 Å². The van der Waals surface area contributed by atoms with Crippen molar-refractivity contribution in [1.82, 2.24) is 9.80 Å². The van der Waals surface area contributed by atoms with Gasteiger partial charge in [-0.05, 0) is 68.5 Å². The highest BCUT2D eigenvalue weighted by Crippen LogP contribution is 2.32. The predicted octanol–water partition coefficient (Wildman–Crippen LogP) is 4.52. The van der Waals surface area contributed by atoms with Crippen LogP contribution in [-0.2, 0) is 0 Å². The van der Waals surface area contributed by atoms with E-state index < -0.39 is 0 Å². The van der Waals surface area contributed by atoms with Crippen LogP contribution in [0.1, 0.15) is 26.5 Å². The molecule has 2 unspecified atom stereocenters. The molecular weight excluding hydrogens is 390 g/mol. The van der Waals surface area contributed by atoms with E-state index in [2.05, 4.69) is 34.2 Å². The SMILES string of the molecule is Cc1ccc(C(=O)N2CC3CN(CCCNc4ccc(C)c(Cl)c4)CC3C2)s1. The van der Waals surface area contributed by atoms with Crippen LogP contribution in [0.15, 0.2) is 30.3 Å². The molecule has 1 aromatic heterocycles. The van der Waals surface area contributed by atoms with Crippen molar-refractivity contribution in [3.05, 3.63) is 50.7 Å². The van der Waals surface area contributed by atoms with Crippen LogP contribution in [0.2, 0.25) is 5.02 Å². The third-order valence-corrected chi connectivity index (χ3v) is 7.35. The molecule has 0 spiro atoms. The summed E-state index contributed by atoms with van der Waals surface area (Å²) in [6.45, 7) is 10.2. The lowest BCUT2D eigenvalue weighted by atomic mass is 10.0. The van der Waals surface area contributed by atoms with Crippen molar-refractivity contribution in [3.8, 4) is 0 Å². The summed E-state index contributed by atoms with van der Waals surface area (Å²) >= 11 is 7.79. The summed E-state index contributed by atoms with van der Waals surface area (Å²) in [7, 11) is 0. The number of nitrogens with zero attached hydrogens (tertiary/aromatic N) is 2. The molecule has 2 fully saturated rings. The molecule has 28 heavy (non-hydrogen) atoms. The Balaban J connectivity index is 1.19. The molecule has 0 radical (unpaired) electrons. The second-order valence-corrected chi connectivity index (χ2v) is 9.84. The minimum absolute atomic E-state index is 0.222. The number of hydrogen-bond donors (Lipinski definition) is 1. The average molecular weight is 418 g/mol. The van der Waals surface area contributed by atoms with Gasteiger partial charge in [0.05, 0.1) is 4.88 Å². The van der Waals surface area contributed by atoms with E-state index >= 15 is 0 Å². The van der Waals surface area contributed by atoms with E-state index in [0.717, 1.165) is 66.8 Å². The highest BCUT2D eigenvalue weighted by atomic mass is 35.5. The van der Waals surface area contributed by atoms with Crippen LogP contribution in [0.25, 0.3) is 0 Å². The highest BCUT2D eigenvalue weighted by Gasteiger charge is 2.41. The standard InChI is InChI=1S/C22H28ClN3OS/c1-15-4-6-19(10-20(15)23)24-8-3-9-25-11-17-13-26(14-18(17)12-25)22(27)21-7-5-16(2)28-21/h4-7,10,17-18,24H,3,8-9,11-14H2,1-2H3. The van der Waals surface area contributed by atoms with Gasteiger partial charge in [0, 0.05) is 48.3 Å². The van der Waals surface area contributed by atoms with Crippen molar-refractivity contribution in [2.75, 3.05) is 44.6 Å². The van der Waals surface area contributed by atoms with Gasteiger partial charge in [0.2, 0.25) is 0 Å². The zero-order valence-electron chi connectivity index (χ0n) is 16.6. The van der Waals surface area contributed by atoms with Crippen molar-refractivity contribution >= 4 is 34.5 Å². The fourth-order valence-corrected chi connectivity index (χ4v) is 5.40. The Morgan fingerprint density at radius 2 is 1.89 bits per heavy atom. The second kappa shape index (κ2) is 8.44. The molecule has 1 aromatic carbocycles. The molecule has 6 heteroatoms. The molecule has 1 N–H and O–H groups in total. The summed E-state index contributed by atoms with van der Waals surface area (Å²) in [6.07, 6.45) is 1.11. The molecule has 3 heterocycles. The van der Waals surface area contributed by atoms with E-state index in [0.29, 0.717) is 11.8 Å². The molecule has 4 nitrogen and oxygen atoms in total. The first-order valence-electron chi connectivity index (χ1n) is 10.1. The maximum Gasteiger partial charge on any atom is 0.263 e. The Bertz CT molecular complexity index is 838. The zero-order chi connectivity index (χ0) is 19.7. The third-order valence-electron chi connectivity index (χ3n) is 5.95. The summed E-state index contributed by atoms with van der Waals surface area (Å²) in [5, 5.41) is 4.28. The van der Waals surface area contributed by atoms with Crippen LogP contribution in [0.3, 0.4) is 0 Å². The van der Waals surface area contributed by atoms with Gasteiger partial charge in [-0.15, -0.1) is 11.3 Å². The molecule has 2 aliphatic rings. The van der Waals surface area contributed by atoms with E-state index in [1.54, 1.807) is 11.3 Å².